The number of anilines is 2. The summed E-state index contributed by atoms with van der Waals surface area (Å²) in [4.78, 5) is 8.14. The van der Waals surface area contributed by atoms with Crippen molar-refractivity contribution in [1.29, 1.82) is 0 Å². The van der Waals surface area contributed by atoms with Gasteiger partial charge < -0.3 is 11.1 Å². The van der Waals surface area contributed by atoms with Crippen molar-refractivity contribution in [3.63, 3.8) is 0 Å². The van der Waals surface area contributed by atoms with Crippen molar-refractivity contribution in [2.45, 2.75) is 38.1 Å². The molecule has 0 amide bonds. The van der Waals surface area contributed by atoms with E-state index in [2.05, 4.69) is 15.3 Å². The van der Waals surface area contributed by atoms with Crippen molar-refractivity contribution in [2.24, 2.45) is 23.7 Å². The van der Waals surface area contributed by atoms with Gasteiger partial charge in [-0.3, -0.25) is 0 Å². The van der Waals surface area contributed by atoms with Crippen LogP contribution >= 0.6 is 0 Å². The third-order valence-corrected chi connectivity index (χ3v) is 5.29. The maximum Gasteiger partial charge on any atom is 0.150 e. The maximum absolute atomic E-state index is 5.91. The molecule has 4 fully saturated rings. The Labute approximate surface area is 107 Å². The molecule has 0 unspecified atom stereocenters. The Hall–Kier alpha value is -1.32. The van der Waals surface area contributed by atoms with Crippen LogP contribution in [0.1, 0.15) is 32.1 Å². The number of aromatic nitrogens is 2. The summed E-state index contributed by atoms with van der Waals surface area (Å²) >= 11 is 0. The highest BCUT2D eigenvalue weighted by Gasteiger charge is 2.48. The van der Waals surface area contributed by atoms with Crippen molar-refractivity contribution >= 4 is 11.5 Å². The largest absolute Gasteiger partial charge is 0.382 e. The second-order valence-electron chi connectivity index (χ2n) is 6.42. The van der Waals surface area contributed by atoms with Gasteiger partial charge in [-0.05, 0) is 55.8 Å². The highest BCUT2D eigenvalue weighted by atomic mass is 15.0. The van der Waals surface area contributed by atoms with Crippen molar-refractivity contribution in [1.82, 2.24) is 9.97 Å². The average Bonchev–Trinajstić information content (AvgIpc) is 2.35. The molecule has 18 heavy (non-hydrogen) atoms. The van der Waals surface area contributed by atoms with Gasteiger partial charge >= 0.3 is 0 Å². The first-order chi connectivity index (χ1) is 8.79. The van der Waals surface area contributed by atoms with Gasteiger partial charge in [-0.25, -0.2) is 9.97 Å². The lowest BCUT2D eigenvalue weighted by atomic mass is 9.54. The first-order valence-electron chi connectivity index (χ1n) is 7.11. The fourth-order valence-corrected chi connectivity index (χ4v) is 4.79. The van der Waals surface area contributed by atoms with E-state index in [-0.39, 0.29) is 0 Å². The normalized spacial score (nSPS) is 41.0. The Morgan fingerprint density at radius 2 is 1.72 bits per heavy atom. The fraction of sp³-hybridized carbons (Fsp3) is 0.714. The van der Waals surface area contributed by atoms with E-state index < -0.39 is 0 Å². The van der Waals surface area contributed by atoms with E-state index in [1.807, 2.05) is 6.20 Å². The number of hydrogen-bond donors (Lipinski definition) is 2. The summed E-state index contributed by atoms with van der Waals surface area (Å²) in [7, 11) is 0. The van der Waals surface area contributed by atoms with E-state index >= 15 is 0 Å². The van der Waals surface area contributed by atoms with E-state index in [1.165, 1.54) is 38.4 Å². The highest BCUT2D eigenvalue weighted by molar-refractivity contribution is 5.60. The first kappa shape index (κ1) is 10.6. The highest BCUT2D eigenvalue weighted by Crippen LogP contribution is 2.54. The molecular weight excluding hydrogens is 224 g/mol. The standard InChI is InChI=1S/C14H20N4/c15-14-12(6-16-7-17-14)18-13-10-2-8-1-9(4-10)5-11(13)3-8/h6-11,13,18H,1-5H2,(H2,15,16,17). The van der Waals surface area contributed by atoms with Crippen LogP contribution < -0.4 is 11.1 Å². The molecule has 4 nitrogen and oxygen atoms in total. The lowest BCUT2D eigenvalue weighted by Crippen LogP contribution is -2.51. The van der Waals surface area contributed by atoms with Crippen LogP contribution in [0.3, 0.4) is 0 Å². The second kappa shape index (κ2) is 3.84. The Bertz CT molecular complexity index is 431. The molecule has 4 aliphatic rings. The number of nitrogens with two attached hydrogens (primary N) is 1. The molecule has 0 aromatic carbocycles. The third-order valence-electron chi connectivity index (χ3n) is 5.29. The summed E-state index contributed by atoms with van der Waals surface area (Å²) in [5.41, 5.74) is 6.84. The smallest absolute Gasteiger partial charge is 0.150 e. The number of nitrogens with zero attached hydrogens (tertiary/aromatic N) is 2. The molecule has 5 rings (SSSR count). The predicted molar refractivity (Wildman–Crippen MR) is 70.9 cm³/mol. The quantitative estimate of drug-likeness (QED) is 0.838. The third kappa shape index (κ3) is 1.58. The van der Waals surface area contributed by atoms with Crippen molar-refractivity contribution < 1.29 is 0 Å². The van der Waals surface area contributed by atoms with Crippen LogP contribution in [0.4, 0.5) is 11.5 Å². The molecule has 1 aromatic heterocycles. The van der Waals surface area contributed by atoms with Crippen molar-refractivity contribution in [3.8, 4) is 0 Å². The summed E-state index contributed by atoms with van der Waals surface area (Å²) in [6.07, 6.45) is 10.5. The zero-order valence-corrected chi connectivity index (χ0v) is 10.5. The van der Waals surface area contributed by atoms with Gasteiger partial charge in [0, 0.05) is 6.04 Å². The van der Waals surface area contributed by atoms with E-state index in [4.69, 9.17) is 5.73 Å². The van der Waals surface area contributed by atoms with Gasteiger partial charge in [0.25, 0.3) is 0 Å². The van der Waals surface area contributed by atoms with Crippen LogP contribution in [0.25, 0.3) is 0 Å². The SMILES string of the molecule is Nc1ncncc1NC1C2CC3CC(C2)CC1C3. The second-order valence-corrected chi connectivity index (χ2v) is 6.42. The zero-order valence-electron chi connectivity index (χ0n) is 10.5. The molecule has 4 saturated carbocycles. The topological polar surface area (TPSA) is 63.8 Å². The summed E-state index contributed by atoms with van der Waals surface area (Å²) < 4.78 is 0. The van der Waals surface area contributed by atoms with E-state index in [0.29, 0.717) is 11.9 Å². The van der Waals surface area contributed by atoms with Gasteiger partial charge in [0.15, 0.2) is 0 Å². The van der Waals surface area contributed by atoms with Crippen LogP contribution in [0.15, 0.2) is 12.5 Å². The molecular formula is C14H20N4. The lowest BCUT2D eigenvalue weighted by Gasteiger charge is -2.54. The van der Waals surface area contributed by atoms with Gasteiger partial charge in [-0.1, -0.05) is 0 Å². The van der Waals surface area contributed by atoms with Gasteiger partial charge in [0.2, 0.25) is 0 Å². The predicted octanol–water partition coefficient (Wildman–Crippen LogP) is 2.30. The molecule has 0 radical (unpaired) electrons. The number of nitrogens with one attached hydrogen (secondary N) is 1. The lowest BCUT2D eigenvalue weighted by molar-refractivity contribution is 0.00754. The molecule has 3 N–H and O–H groups in total. The van der Waals surface area contributed by atoms with Crippen LogP contribution in [0.5, 0.6) is 0 Å². The molecule has 4 aliphatic carbocycles. The number of hydrogen-bond acceptors (Lipinski definition) is 4. The molecule has 1 aromatic rings. The Kier molecular flexibility index (Phi) is 2.26. The molecule has 0 saturated heterocycles. The number of rotatable bonds is 2. The summed E-state index contributed by atoms with van der Waals surface area (Å²) in [5, 5.41) is 3.64. The minimum Gasteiger partial charge on any atom is -0.382 e. The Morgan fingerprint density at radius 1 is 1.06 bits per heavy atom. The number of nitrogen functional groups attached to an aromatic ring is 1. The van der Waals surface area contributed by atoms with Crippen molar-refractivity contribution in [3.05, 3.63) is 12.5 Å². The molecule has 0 spiro atoms. The molecule has 0 atom stereocenters. The Morgan fingerprint density at radius 3 is 2.33 bits per heavy atom. The van der Waals surface area contributed by atoms with E-state index in [0.717, 1.165) is 29.4 Å². The van der Waals surface area contributed by atoms with Crippen LogP contribution in [0, 0.1) is 23.7 Å². The molecule has 0 aliphatic heterocycles. The summed E-state index contributed by atoms with van der Waals surface area (Å²) in [6.45, 7) is 0. The zero-order chi connectivity index (χ0) is 12.1. The van der Waals surface area contributed by atoms with Crippen LogP contribution in [-0.2, 0) is 0 Å². The molecule has 96 valence electrons. The average molecular weight is 244 g/mol. The van der Waals surface area contributed by atoms with E-state index in [1.54, 1.807) is 0 Å². The van der Waals surface area contributed by atoms with E-state index in [9.17, 15) is 0 Å². The van der Waals surface area contributed by atoms with Crippen molar-refractivity contribution in [2.75, 3.05) is 11.1 Å². The monoisotopic (exact) mass is 244 g/mol. The van der Waals surface area contributed by atoms with Crippen LogP contribution in [0.2, 0.25) is 0 Å². The molecule has 4 heteroatoms. The minimum atomic E-state index is 0.582. The minimum absolute atomic E-state index is 0.582. The van der Waals surface area contributed by atoms with Gasteiger partial charge in [0.05, 0.1) is 11.9 Å². The Balaban J connectivity index is 1.57. The van der Waals surface area contributed by atoms with Gasteiger partial charge in [0.1, 0.15) is 12.1 Å². The maximum atomic E-state index is 5.91. The summed E-state index contributed by atoms with van der Waals surface area (Å²) in [5.74, 6) is 4.30. The first-order valence-corrected chi connectivity index (χ1v) is 7.11. The van der Waals surface area contributed by atoms with Crippen LogP contribution in [-0.4, -0.2) is 16.0 Å². The van der Waals surface area contributed by atoms with Gasteiger partial charge in [-0.2, -0.15) is 0 Å². The summed E-state index contributed by atoms with van der Waals surface area (Å²) in [6, 6.07) is 0.603. The van der Waals surface area contributed by atoms with Gasteiger partial charge in [-0.15, -0.1) is 0 Å². The fourth-order valence-electron chi connectivity index (χ4n) is 4.79. The molecule has 1 heterocycles. The molecule has 4 bridgehead atoms.